The molecule has 0 saturated heterocycles. The first kappa shape index (κ1) is 32.7. The molecule has 0 bridgehead atoms. The van der Waals surface area contributed by atoms with E-state index in [1.165, 1.54) is 94.8 Å². The van der Waals surface area contributed by atoms with E-state index in [0.29, 0.717) is 0 Å². The Morgan fingerprint density at radius 1 is 0.321 bits per heavy atom. The van der Waals surface area contributed by atoms with E-state index in [9.17, 15) is 0 Å². The zero-order valence-corrected chi connectivity index (χ0v) is 31.4. The van der Waals surface area contributed by atoms with Crippen LogP contribution in [0.2, 0.25) is 0 Å². The maximum Gasteiger partial charge on any atom is 0.0465 e. The topological polar surface area (TPSA) is 3.24 Å². The first-order chi connectivity index (χ1) is 27.8. The molecule has 11 rings (SSSR count). The molecule has 6 aromatic rings. The van der Waals surface area contributed by atoms with Crippen molar-refractivity contribution in [1.82, 2.24) is 0 Å². The molecule has 5 aliphatic carbocycles. The molecule has 0 atom stereocenters. The molecule has 0 aliphatic heterocycles. The van der Waals surface area contributed by atoms with Crippen LogP contribution in [0, 0.1) is 0 Å². The van der Waals surface area contributed by atoms with E-state index in [1.807, 2.05) is 0 Å². The number of hydrogen-bond donors (Lipinski definition) is 0. The lowest BCUT2D eigenvalue weighted by Gasteiger charge is -2.32. The van der Waals surface area contributed by atoms with Crippen molar-refractivity contribution in [3.05, 3.63) is 216 Å². The van der Waals surface area contributed by atoms with Crippen LogP contribution in [-0.2, 0) is 0 Å². The van der Waals surface area contributed by atoms with Crippen LogP contribution >= 0.6 is 0 Å². The summed E-state index contributed by atoms with van der Waals surface area (Å²) in [4.78, 5) is 2.50. The minimum absolute atomic E-state index is 0.823. The van der Waals surface area contributed by atoms with Crippen LogP contribution < -0.4 is 4.90 Å². The Morgan fingerprint density at radius 2 is 0.696 bits per heavy atom. The molecule has 0 amide bonds. The summed E-state index contributed by atoms with van der Waals surface area (Å²) >= 11 is 0. The second-order valence-electron chi connectivity index (χ2n) is 15.3. The van der Waals surface area contributed by atoms with Gasteiger partial charge < -0.3 is 4.90 Å². The van der Waals surface area contributed by atoms with Crippen molar-refractivity contribution in [2.75, 3.05) is 4.90 Å². The Bertz CT molecular complexity index is 2820. The van der Waals surface area contributed by atoms with Crippen molar-refractivity contribution in [3.8, 4) is 55.6 Å². The lowest BCUT2D eigenvalue weighted by Crippen LogP contribution is -2.17. The second-order valence-corrected chi connectivity index (χ2v) is 15.3. The monoisotopic (exact) mass is 715 g/mol. The minimum atomic E-state index is 0.823. The van der Waals surface area contributed by atoms with Gasteiger partial charge in [0.15, 0.2) is 0 Å². The Hall–Kier alpha value is -6.70. The summed E-state index contributed by atoms with van der Waals surface area (Å²) in [6.45, 7) is 0. The Balaban J connectivity index is 1.15. The van der Waals surface area contributed by atoms with Crippen molar-refractivity contribution in [3.63, 3.8) is 0 Å². The van der Waals surface area contributed by atoms with Gasteiger partial charge in [0.05, 0.1) is 0 Å². The lowest BCUT2D eigenvalue weighted by atomic mass is 9.74. The summed E-state index contributed by atoms with van der Waals surface area (Å²) in [7, 11) is 0. The van der Waals surface area contributed by atoms with Gasteiger partial charge in [-0.2, -0.15) is 0 Å². The fourth-order valence-electron chi connectivity index (χ4n) is 9.65. The van der Waals surface area contributed by atoms with E-state index in [4.69, 9.17) is 0 Å². The molecular formula is C55H41N. The molecule has 56 heavy (non-hydrogen) atoms. The van der Waals surface area contributed by atoms with Crippen LogP contribution in [0.3, 0.4) is 0 Å². The Kier molecular flexibility index (Phi) is 7.91. The number of hydrogen-bond acceptors (Lipinski definition) is 1. The average Bonchev–Trinajstić information content (AvgIpc) is 3.55. The maximum absolute atomic E-state index is 2.50. The van der Waals surface area contributed by atoms with Gasteiger partial charge in [-0.3, -0.25) is 0 Å². The fraction of sp³-hybridized carbons (Fsp3) is 0.0909. The van der Waals surface area contributed by atoms with Gasteiger partial charge in [0, 0.05) is 23.5 Å². The zero-order valence-electron chi connectivity index (χ0n) is 31.4. The van der Waals surface area contributed by atoms with E-state index < -0.39 is 0 Å². The number of allylic oxidation sites excluding steroid dienone is 13. The van der Waals surface area contributed by atoms with E-state index in [2.05, 4.69) is 193 Å². The van der Waals surface area contributed by atoms with Gasteiger partial charge in [-0.25, -0.2) is 0 Å². The molecule has 0 N–H and O–H groups in total. The van der Waals surface area contributed by atoms with Crippen LogP contribution in [0.5, 0.6) is 0 Å². The first-order valence-corrected chi connectivity index (χ1v) is 20.1. The number of fused-ring (bicyclic) bond motifs is 16. The SMILES string of the molecule is C1=CC=C(N(c2ccc3c(c2)-c2ccccc2C2=CCCC=C2C2=CCCC=C23)c2ccc3c(c2)-c2ccccc2-c2ccccc2-c2ccccc2-3)CC=C1. The molecule has 0 radical (unpaired) electrons. The standard InChI is InChI=1S/C55H41N/c1-2-4-18-37(17-3-1)56(38-31-33-52-48-27-11-9-23-44(48)40-19-5-7-21-42(40)46-25-13-15-29-50(46)54(52)35-38)39-32-34-53-49-28-12-10-24-45(49)41-20-6-8-22-43(41)47-26-14-16-30-51(47)55(53)36-39/h1-5,7,9,11,13-17,19-36H,6,8,10,12,18H2. The molecule has 6 aromatic carbocycles. The molecule has 0 aromatic heterocycles. The molecule has 1 heteroatoms. The van der Waals surface area contributed by atoms with Crippen LogP contribution in [0.1, 0.15) is 43.2 Å². The van der Waals surface area contributed by atoms with Crippen molar-refractivity contribution < 1.29 is 0 Å². The van der Waals surface area contributed by atoms with Crippen LogP contribution in [0.4, 0.5) is 11.4 Å². The Morgan fingerprint density at radius 3 is 1.21 bits per heavy atom. The van der Waals surface area contributed by atoms with Crippen molar-refractivity contribution in [1.29, 1.82) is 0 Å². The first-order valence-electron chi connectivity index (χ1n) is 20.1. The number of nitrogens with zero attached hydrogens (tertiary/aromatic N) is 1. The molecular weight excluding hydrogens is 675 g/mol. The third-order valence-electron chi connectivity index (χ3n) is 12.1. The molecule has 0 fully saturated rings. The number of anilines is 2. The highest BCUT2D eigenvalue weighted by molar-refractivity contribution is 6.06. The largest absolute Gasteiger partial charge is 0.314 e. The third kappa shape index (κ3) is 5.30. The van der Waals surface area contributed by atoms with Gasteiger partial charge in [-0.15, -0.1) is 0 Å². The fourth-order valence-corrected chi connectivity index (χ4v) is 9.65. The van der Waals surface area contributed by atoms with Crippen LogP contribution in [0.25, 0.3) is 66.8 Å². The van der Waals surface area contributed by atoms with Gasteiger partial charge in [-0.05, 0) is 145 Å². The van der Waals surface area contributed by atoms with E-state index >= 15 is 0 Å². The van der Waals surface area contributed by atoms with Gasteiger partial charge >= 0.3 is 0 Å². The Labute approximate surface area is 330 Å². The predicted molar refractivity (Wildman–Crippen MR) is 237 cm³/mol. The normalized spacial score (nSPS) is 15.9. The molecule has 0 heterocycles. The summed E-state index contributed by atoms with van der Waals surface area (Å²) in [5, 5.41) is 0. The highest BCUT2D eigenvalue weighted by atomic mass is 15.1. The van der Waals surface area contributed by atoms with Crippen molar-refractivity contribution in [2.24, 2.45) is 0 Å². The van der Waals surface area contributed by atoms with Crippen LogP contribution in [-0.4, -0.2) is 0 Å². The van der Waals surface area contributed by atoms with Crippen molar-refractivity contribution >= 4 is 22.5 Å². The minimum Gasteiger partial charge on any atom is -0.314 e. The van der Waals surface area contributed by atoms with Crippen LogP contribution in [0.15, 0.2) is 205 Å². The lowest BCUT2D eigenvalue weighted by molar-refractivity contribution is 1.00. The summed E-state index contributed by atoms with van der Waals surface area (Å²) in [5.74, 6) is 0. The summed E-state index contributed by atoms with van der Waals surface area (Å²) in [5.41, 5.74) is 24.4. The highest BCUT2D eigenvalue weighted by Crippen LogP contribution is 2.52. The predicted octanol–water partition coefficient (Wildman–Crippen LogP) is 15.1. The number of benzene rings is 6. The number of rotatable bonds is 3. The summed E-state index contributed by atoms with van der Waals surface area (Å²) in [6.07, 6.45) is 26.1. The quantitative estimate of drug-likeness (QED) is 0.176. The molecule has 266 valence electrons. The van der Waals surface area contributed by atoms with Gasteiger partial charge in [-0.1, -0.05) is 158 Å². The molecule has 0 unspecified atom stereocenters. The maximum atomic E-state index is 2.50. The molecule has 1 nitrogen and oxygen atoms in total. The summed E-state index contributed by atoms with van der Waals surface area (Å²) in [6, 6.07) is 50.2. The van der Waals surface area contributed by atoms with E-state index in [-0.39, 0.29) is 0 Å². The molecule has 0 saturated carbocycles. The highest BCUT2D eigenvalue weighted by Gasteiger charge is 2.29. The second kappa shape index (κ2) is 13.6. The van der Waals surface area contributed by atoms with E-state index in [0.717, 1.165) is 43.5 Å². The van der Waals surface area contributed by atoms with Gasteiger partial charge in [0.2, 0.25) is 0 Å². The smallest absolute Gasteiger partial charge is 0.0465 e. The van der Waals surface area contributed by atoms with Crippen molar-refractivity contribution in [2.45, 2.75) is 32.1 Å². The zero-order chi connectivity index (χ0) is 37.0. The third-order valence-corrected chi connectivity index (χ3v) is 12.1. The molecule has 0 spiro atoms. The average molecular weight is 716 g/mol. The van der Waals surface area contributed by atoms with E-state index in [1.54, 1.807) is 0 Å². The van der Waals surface area contributed by atoms with Gasteiger partial charge in [0.25, 0.3) is 0 Å². The van der Waals surface area contributed by atoms with Gasteiger partial charge in [0.1, 0.15) is 0 Å². The molecule has 5 aliphatic rings. The summed E-state index contributed by atoms with van der Waals surface area (Å²) < 4.78 is 0.